The molecule has 21 heavy (non-hydrogen) atoms. The van der Waals surface area contributed by atoms with E-state index in [-0.39, 0.29) is 12.4 Å². The number of oxime groups is 1. The van der Waals surface area contributed by atoms with Crippen molar-refractivity contribution in [3.05, 3.63) is 70.0 Å². The molecule has 2 aromatic carbocycles. The van der Waals surface area contributed by atoms with Gasteiger partial charge in [-0.25, -0.2) is 4.39 Å². The van der Waals surface area contributed by atoms with Crippen LogP contribution in [0.2, 0.25) is 5.02 Å². The highest BCUT2D eigenvalue weighted by molar-refractivity contribution is 6.31. The molecule has 0 spiro atoms. The van der Waals surface area contributed by atoms with Crippen molar-refractivity contribution < 1.29 is 14.3 Å². The highest BCUT2D eigenvalue weighted by Crippen LogP contribution is 2.17. The third-order valence-corrected chi connectivity index (χ3v) is 3.21. The van der Waals surface area contributed by atoms with Crippen LogP contribution in [0, 0.1) is 5.82 Å². The SMILES string of the molecule is N/C(=N/O)c1cc(F)cc(COCc2ccccc2Cl)c1. The fourth-order valence-corrected chi connectivity index (χ4v) is 2.02. The number of halogens is 2. The molecular formula is C15H14ClFN2O2. The van der Waals surface area contributed by atoms with Crippen molar-refractivity contribution >= 4 is 17.4 Å². The molecule has 2 aromatic rings. The summed E-state index contributed by atoms with van der Waals surface area (Å²) in [5.74, 6) is -0.628. The van der Waals surface area contributed by atoms with E-state index in [0.29, 0.717) is 22.8 Å². The maximum absolute atomic E-state index is 13.5. The minimum atomic E-state index is -0.476. The lowest BCUT2D eigenvalue weighted by Crippen LogP contribution is -2.13. The normalized spacial score (nSPS) is 11.6. The zero-order chi connectivity index (χ0) is 15.2. The first-order chi connectivity index (χ1) is 10.1. The van der Waals surface area contributed by atoms with Crippen LogP contribution in [-0.2, 0) is 18.0 Å². The molecule has 0 atom stereocenters. The topological polar surface area (TPSA) is 67.8 Å². The minimum Gasteiger partial charge on any atom is -0.409 e. The summed E-state index contributed by atoms with van der Waals surface area (Å²) in [4.78, 5) is 0. The van der Waals surface area contributed by atoms with Crippen LogP contribution in [0.15, 0.2) is 47.6 Å². The molecule has 0 fully saturated rings. The molecule has 0 unspecified atom stereocenters. The molecule has 0 aromatic heterocycles. The molecule has 2 rings (SSSR count). The summed E-state index contributed by atoms with van der Waals surface area (Å²) in [5.41, 5.74) is 7.19. The van der Waals surface area contributed by atoms with Gasteiger partial charge in [0.05, 0.1) is 13.2 Å². The van der Waals surface area contributed by atoms with Gasteiger partial charge in [-0.15, -0.1) is 0 Å². The lowest BCUT2D eigenvalue weighted by molar-refractivity contribution is 0.107. The van der Waals surface area contributed by atoms with E-state index >= 15 is 0 Å². The van der Waals surface area contributed by atoms with Gasteiger partial charge in [0.2, 0.25) is 0 Å². The number of hydrogen-bond acceptors (Lipinski definition) is 3. The Kier molecular flexibility index (Phi) is 5.14. The summed E-state index contributed by atoms with van der Waals surface area (Å²) in [6, 6.07) is 11.5. The molecule has 4 nitrogen and oxygen atoms in total. The summed E-state index contributed by atoms with van der Waals surface area (Å²) in [6.07, 6.45) is 0. The predicted molar refractivity (Wildman–Crippen MR) is 78.9 cm³/mol. The van der Waals surface area contributed by atoms with Crippen LogP contribution < -0.4 is 5.73 Å². The monoisotopic (exact) mass is 308 g/mol. The van der Waals surface area contributed by atoms with E-state index in [0.717, 1.165) is 5.56 Å². The van der Waals surface area contributed by atoms with Gasteiger partial charge in [0.15, 0.2) is 5.84 Å². The zero-order valence-corrected chi connectivity index (χ0v) is 11.8. The van der Waals surface area contributed by atoms with Gasteiger partial charge in [-0.1, -0.05) is 35.0 Å². The molecule has 0 radical (unpaired) electrons. The maximum atomic E-state index is 13.5. The molecule has 110 valence electrons. The summed E-state index contributed by atoms with van der Waals surface area (Å²) in [7, 11) is 0. The zero-order valence-electron chi connectivity index (χ0n) is 11.1. The quantitative estimate of drug-likeness (QED) is 0.385. The first-order valence-corrected chi connectivity index (χ1v) is 6.56. The van der Waals surface area contributed by atoms with E-state index in [1.165, 1.54) is 12.1 Å². The molecular weight excluding hydrogens is 295 g/mol. The van der Waals surface area contributed by atoms with Crippen molar-refractivity contribution in [2.45, 2.75) is 13.2 Å². The fourth-order valence-electron chi connectivity index (χ4n) is 1.83. The largest absolute Gasteiger partial charge is 0.409 e. The fraction of sp³-hybridized carbons (Fsp3) is 0.133. The van der Waals surface area contributed by atoms with Crippen LogP contribution in [0.25, 0.3) is 0 Å². The standard InChI is InChI=1S/C15H14ClFN2O2/c16-14-4-2-1-3-11(14)9-21-8-10-5-12(15(18)19-20)7-13(17)6-10/h1-7,20H,8-9H2,(H2,18,19). The summed E-state index contributed by atoms with van der Waals surface area (Å²) in [6.45, 7) is 0.504. The Morgan fingerprint density at radius 2 is 2.00 bits per heavy atom. The van der Waals surface area contributed by atoms with Gasteiger partial charge in [0.1, 0.15) is 5.82 Å². The lowest BCUT2D eigenvalue weighted by atomic mass is 10.1. The Bertz CT molecular complexity index is 662. The van der Waals surface area contributed by atoms with Crippen molar-refractivity contribution in [2.24, 2.45) is 10.9 Å². The highest BCUT2D eigenvalue weighted by atomic mass is 35.5. The van der Waals surface area contributed by atoms with Crippen LogP contribution in [0.5, 0.6) is 0 Å². The summed E-state index contributed by atoms with van der Waals surface area (Å²) < 4.78 is 19.0. The Balaban J connectivity index is 2.04. The van der Waals surface area contributed by atoms with Crippen molar-refractivity contribution in [1.82, 2.24) is 0 Å². The van der Waals surface area contributed by atoms with Crippen LogP contribution in [0.3, 0.4) is 0 Å². The molecule has 0 aliphatic carbocycles. The maximum Gasteiger partial charge on any atom is 0.170 e. The number of ether oxygens (including phenoxy) is 1. The first-order valence-electron chi connectivity index (χ1n) is 6.18. The third-order valence-electron chi connectivity index (χ3n) is 2.85. The molecule has 3 N–H and O–H groups in total. The number of nitrogens with two attached hydrogens (primary N) is 1. The van der Waals surface area contributed by atoms with Gasteiger partial charge in [0, 0.05) is 10.6 Å². The Morgan fingerprint density at radius 1 is 1.24 bits per heavy atom. The van der Waals surface area contributed by atoms with Crippen molar-refractivity contribution in [1.29, 1.82) is 0 Å². The molecule has 0 aliphatic rings. The van der Waals surface area contributed by atoms with Crippen LogP contribution in [0.1, 0.15) is 16.7 Å². The molecule has 6 heteroatoms. The number of amidine groups is 1. The third kappa shape index (κ3) is 4.18. The number of nitrogens with zero attached hydrogens (tertiary/aromatic N) is 1. The van der Waals surface area contributed by atoms with E-state index in [4.69, 9.17) is 27.3 Å². The summed E-state index contributed by atoms with van der Waals surface area (Å²) in [5, 5.41) is 12.1. The average molecular weight is 309 g/mol. The minimum absolute atomic E-state index is 0.151. The van der Waals surface area contributed by atoms with Crippen molar-refractivity contribution in [3.63, 3.8) is 0 Å². The predicted octanol–water partition coefficient (Wildman–Crippen LogP) is 3.29. The molecule has 0 heterocycles. The van der Waals surface area contributed by atoms with Gasteiger partial charge in [-0.2, -0.15) is 0 Å². The van der Waals surface area contributed by atoms with E-state index in [2.05, 4.69) is 5.16 Å². The Labute approximate surface area is 126 Å². The van der Waals surface area contributed by atoms with E-state index in [1.54, 1.807) is 12.1 Å². The van der Waals surface area contributed by atoms with Crippen LogP contribution in [-0.4, -0.2) is 11.0 Å². The second-order valence-electron chi connectivity index (χ2n) is 4.42. The number of rotatable bonds is 5. The van der Waals surface area contributed by atoms with Gasteiger partial charge < -0.3 is 15.7 Å². The van der Waals surface area contributed by atoms with E-state index < -0.39 is 5.82 Å². The van der Waals surface area contributed by atoms with Crippen LogP contribution >= 0.6 is 11.6 Å². The van der Waals surface area contributed by atoms with E-state index in [1.807, 2.05) is 18.2 Å². The van der Waals surface area contributed by atoms with Crippen LogP contribution in [0.4, 0.5) is 4.39 Å². The van der Waals surface area contributed by atoms with Gasteiger partial charge in [0.25, 0.3) is 0 Å². The van der Waals surface area contributed by atoms with Crippen molar-refractivity contribution in [3.8, 4) is 0 Å². The molecule has 0 amide bonds. The van der Waals surface area contributed by atoms with Gasteiger partial charge in [-0.05, 0) is 35.4 Å². The Morgan fingerprint density at radius 3 is 2.71 bits per heavy atom. The average Bonchev–Trinajstić information content (AvgIpc) is 2.48. The number of benzene rings is 2. The molecule has 0 bridgehead atoms. The highest BCUT2D eigenvalue weighted by Gasteiger charge is 2.06. The second kappa shape index (κ2) is 7.06. The molecule has 0 saturated heterocycles. The van der Waals surface area contributed by atoms with Gasteiger partial charge >= 0.3 is 0 Å². The lowest BCUT2D eigenvalue weighted by Gasteiger charge is -2.08. The number of hydrogen-bond donors (Lipinski definition) is 2. The first kappa shape index (κ1) is 15.3. The molecule has 0 saturated carbocycles. The van der Waals surface area contributed by atoms with E-state index in [9.17, 15) is 4.39 Å². The molecule has 0 aliphatic heterocycles. The smallest absolute Gasteiger partial charge is 0.170 e. The van der Waals surface area contributed by atoms with Crippen molar-refractivity contribution in [2.75, 3.05) is 0 Å². The Hall–Kier alpha value is -2.11. The summed E-state index contributed by atoms with van der Waals surface area (Å²) >= 11 is 6.02. The van der Waals surface area contributed by atoms with Gasteiger partial charge in [-0.3, -0.25) is 0 Å². The second-order valence-corrected chi connectivity index (χ2v) is 4.82.